The molecule has 2 rings (SSSR count). The van der Waals surface area contributed by atoms with Crippen molar-refractivity contribution in [1.82, 2.24) is 10.3 Å². The van der Waals surface area contributed by atoms with Gasteiger partial charge in [-0.3, -0.25) is 0 Å². The molecule has 0 saturated heterocycles. The minimum Gasteiger partial charge on any atom is -0.314 e. The number of nitrogens with one attached hydrogen (secondary N) is 1. The van der Waals surface area contributed by atoms with Gasteiger partial charge in [-0.2, -0.15) is 0 Å². The fourth-order valence-electron chi connectivity index (χ4n) is 1.60. The van der Waals surface area contributed by atoms with Crippen LogP contribution in [0.3, 0.4) is 0 Å². The fraction of sp³-hybridized carbons (Fsp3) is 0.462. The zero-order valence-electron chi connectivity index (χ0n) is 10.7. The molecule has 0 atom stereocenters. The number of hydrogen-bond donors (Lipinski definition) is 1. The first-order valence-electron chi connectivity index (χ1n) is 5.69. The molecule has 0 spiro atoms. The van der Waals surface area contributed by atoms with Gasteiger partial charge in [-0.05, 0) is 44.8 Å². The zero-order valence-corrected chi connectivity index (χ0v) is 12.3. The average molecular weight is 266 g/mol. The molecule has 0 amide bonds. The summed E-state index contributed by atoms with van der Waals surface area (Å²) in [6.45, 7) is 6.54. The Labute approximate surface area is 111 Å². The second kappa shape index (κ2) is 4.88. The smallest absolute Gasteiger partial charge is 0.0951 e. The van der Waals surface area contributed by atoms with Crippen LogP contribution >= 0.6 is 22.7 Å². The van der Waals surface area contributed by atoms with Gasteiger partial charge in [-0.1, -0.05) is 0 Å². The predicted octanol–water partition coefficient (Wildman–Crippen LogP) is 3.72. The van der Waals surface area contributed by atoms with Crippen LogP contribution in [0.4, 0.5) is 0 Å². The third-order valence-corrected chi connectivity index (χ3v) is 4.80. The summed E-state index contributed by atoms with van der Waals surface area (Å²) in [7, 11) is 2.00. The summed E-state index contributed by atoms with van der Waals surface area (Å²) >= 11 is 3.52. The number of hydrogen-bond acceptors (Lipinski definition) is 4. The topological polar surface area (TPSA) is 24.9 Å². The summed E-state index contributed by atoms with van der Waals surface area (Å²) in [6.07, 6.45) is 0.971. The highest BCUT2D eigenvalue weighted by Gasteiger charge is 2.18. The maximum Gasteiger partial charge on any atom is 0.0951 e. The molecule has 2 heterocycles. The number of rotatable bonds is 4. The first-order valence-corrected chi connectivity index (χ1v) is 7.45. The lowest BCUT2D eigenvalue weighted by atomic mass is 10.0. The van der Waals surface area contributed by atoms with Crippen molar-refractivity contribution < 1.29 is 0 Å². The summed E-state index contributed by atoms with van der Waals surface area (Å²) < 4.78 is 0. The molecule has 0 fully saturated rings. The van der Waals surface area contributed by atoms with Gasteiger partial charge >= 0.3 is 0 Å². The largest absolute Gasteiger partial charge is 0.314 e. The Hall–Kier alpha value is -0.710. The minimum atomic E-state index is 0.111. The normalized spacial score (nSPS) is 12.0. The molecule has 1 N–H and O–H groups in total. The van der Waals surface area contributed by atoms with E-state index in [4.69, 9.17) is 4.98 Å². The van der Waals surface area contributed by atoms with E-state index in [2.05, 4.69) is 42.9 Å². The number of thiophene rings is 1. The van der Waals surface area contributed by atoms with Crippen LogP contribution < -0.4 is 5.32 Å². The number of thiazole rings is 1. The zero-order chi connectivity index (χ0) is 12.5. The van der Waals surface area contributed by atoms with E-state index in [0.29, 0.717) is 0 Å². The molecule has 17 heavy (non-hydrogen) atoms. The van der Waals surface area contributed by atoms with Crippen LogP contribution in [0.2, 0.25) is 0 Å². The lowest BCUT2D eigenvalue weighted by Crippen LogP contribution is -2.38. The minimum absolute atomic E-state index is 0.111. The first-order chi connectivity index (χ1) is 8.02. The molecule has 92 valence electrons. The molecule has 2 aromatic rings. The van der Waals surface area contributed by atoms with Crippen molar-refractivity contribution in [3.63, 3.8) is 0 Å². The summed E-state index contributed by atoms with van der Waals surface area (Å²) in [5, 5.41) is 8.81. The van der Waals surface area contributed by atoms with Crippen molar-refractivity contribution >= 4 is 22.7 Å². The first kappa shape index (κ1) is 12.7. The van der Waals surface area contributed by atoms with E-state index in [1.807, 2.05) is 7.05 Å². The van der Waals surface area contributed by atoms with Crippen molar-refractivity contribution in [2.45, 2.75) is 32.7 Å². The van der Waals surface area contributed by atoms with E-state index in [-0.39, 0.29) is 5.54 Å². The summed E-state index contributed by atoms with van der Waals surface area (Å²) in [5.41, 5.74) is 2.56. The molecule has 0 aliphatic heterocycles. The van der Waals surface area contributed by atoms with Crippen molar-refractivity contribution in [3.8, 4) is 10.6 Å². The average Bonchev–Trinajstić information content (AvgIpc) is 2.86. The molecule has 2 nitrogen and oxygen atoms in total. The number of likely N-dealkylation sites (N-methyl/N-ethyl adjacent to an activating group) is 1. The van der Waals surface area contributed by atoms with Crippen molar-refractivity contribution in [2.75, 3.05) is 7.05 Å². The molecule has 0 radical (unpaired) electrons. The van der Waals surface area contributed by atoms with Crippen LogP contribution in [0, 0.1) is 6.92 Å². The Kier molecular flexibility index (Phi) is 3.66. The predicted molar refractivity (Wildman–Crippen MR) is 77.0 cm³/mol. The van der Waals surface area contributed by atoms with Crippen molar-refractivity contribution in [2.24, 2.45) is 0 Å². The van der Waals surface area contributed by atoms with E-state index in [9.17, 15) is 0 Å². The molecule has 2 aromatic heterocycles. The van der Waals surface area contributed by atoms with Gasteiger partial charge in [0.25, 0.3) is 0 Å². The lowest BCUT2D eigenvalue weighted by molar-refractivity contribution is 0.421. The number of aryl methyl sites for hydroxylation is 1. The van der Waals surface area contributed by atoms with Gasteiger partial charge in [-0.15, -0.1) is 22.7 Å². The van der Waals surface area contributed by atoms with Gasteiger partial charge in [0.2, 0.25) is 0 Å². The third-order valence-electron chi connectivity index (χ3n) is 2.92. The monoisotopic (exact) mass is 266 g/mol. The fourth-order valence-corrected chi connectivity index (χ4v) is 3.57. The molecule has 0 bridgehead atoms. The Morgan fingerprint density at radius 3 is 2.71 bits per heavy atom. The highest BCUT2D eigenvalue weighted by Crippen LogP contribution is 2.30. The van der Waals surface area contributed by atoms with Crippen LogP contribution in [0.5, 0.6) is 0 Å². The van der Waals surface area contributed by atoms with E-state index in [1.165, 1.54) is 15.4 Å². The number of aromatic nitrogens is 1. The van der Waals surface area contributed by atoms with E-state index in [1.54, 1.807) is 22.7 Å². The maximum absolute atomic E-state index is 4.74. The van der Waals surface area contributed by atoms with Gasteiger partial charge < -0.3 is 5.32 Å². The molecule has 0 aliphatic carbocycles. The van der Waals surface area contributed by atoms with Crippen molar-refractivity contribution in [3.05, 3.63) is 27.4 Å². The van der Waals surface area contributed by atoms with Crippen LogP contribution in [-0.2, 0) is 6.42 Å². The van der Waals surface area contributed by atoms with E-state index in [0.717, 1.165) is 12.1 Å². The third kappa shape index (κ3) is 2.94. The van der Waals surface area contributed by atoms with Crippen LogP contribution in [0.25, 0.3) is 10.6 Å². The standard InChI is InChI=1S/C13H18N2S2/c1-9-5-6-16-12(9)10-8-17-11(15-10)7-13(2,3)14-4/h5-6,8,14H,7H2,1-4H3. The second-order valence-electron chi connectivity index (χ2n) is 4.87. The molecule has 4 heteroatoms. The van der Waals surface area contributed by atoms with Crippen molar-refractivity contribution in [1.29, 1.82) is 0 Å². The molecular weight excluding hydrogens is 248 g/mol. The van der Waals surface area contributed by atoms with Crippen LogP contribution in [0.1, 0.15) is 24.4 Å². The Morgan fingerprint density at radius 1 is 1.35 bits per heavy atom. The molecule has 0 aromatic carbocycles. The van der Waals surface area contributed by atoms with Gasteiger partial charge in [0.15, 0.2) is 0 Å². The van der Waals surface area contributed by atoms with Crippen LogP contribution in [-0.4, -0.2) is 17.6 Å². The van der Waals surface area contributed by atoms with E-state index >= 15 is 0 Å². The Balaban J connectivity index is 2.20. The molecule has 0 saturated carbocycles. The SMILES string of the molecule is CNC(C)(C)Cc1nc(-c2sccc2C)cs1. The maximum atomic E-state index is 4.74. The summed E-state index contributed by atoms with van der Waals surface area (Å²) in [5.74, 6) is 0. The second-order valence-corrected chi connectivity index (χ2v) is 6.73. The summed E-state index contributed by atoms with van der Waals surface area (Å²) in [4.78, 5) is 6.04. The van der Waals surface area contributed by atoms with Gasteiger partial charge in [0.05, 0.1) is 15.6 Å². The van der Waals surface area contributed by atoms with Gasteiger partial charge in [-0.25, -0.2) is 4.98 Å². The lowest BCUT2D eigenvalue weighted by Gasteiger charge is -2.22. The Bertz CT molecular complexity index is 497. The van der Waals surface area contributed by atoms with E-state index < -0.39 is 0 Å². The Morgan fingerprint density at radius 2 is 2.12 bits per heavy atom. The van der Waals surface area contributed by atoms with Gasteiger partial charge in [0, 0.05) is 17.3 Å². The van der Waals surface area contributed by atoms with Gasteiger partial charge in [0.1, 0.15) is 0 Å². The number of nitrogens with zero attached hydrogens (tertiary/aromatic N) is 1. The quantitative estimate of drug-likeness (QED) is 0.912. The van der Waals surface area contributed by atoms with Crippen LogP contribution in [0.15, 0.2) is 16.8 Å². The molecule has 0 unspecified atom stereocenters. The molecular formula is C13H18N2S2. The highest BCUT2D eigenvalue weighted by molar-refractivity contribution is 7.14. The highest BCUT2D eigenvalue weighted by atomic mass is 32.1. The molecule has 0 aliphatic rings. The summed E-state index contributed by atoms with van der Waals surface area (Å²) in [6, 6.07) is 2.15.